The van der Waals surface area contributed by atoms with Crippen LogP contribution in [0.4, 0.5) is 10.2 Å². The number of hydrogen-bond acceptors (Lipinski definition) is 6. The number of nitrogen functional groups attached to an aromatic ring is 1. The summed E-state index contributed by atoms with van der Waals surface area (Å²) < 4.78 is 25.7. The third-order valence-corrected chi connectivity index (χ3v) is 6.22. The lowest BCUT2D eigenvalue weighted by Crippen LogP contribution is -2.08. The van der Waals surface area contributed by atoms with Crippen LogP contribution in [0.1, 0.15) is 23.5 Å². The Morgan fingerprint density at radius 3 is 2.86 bits per heavy atom. The highest BCUT2D eigenvalue weighted by atomic mass is 35.5. The van der Waals surface area contributed by atoms with E-state index in [-0.39, 0.29) is 21.6 Å². The van der Waals surface area contributed by atoms with Crippen LogP contribution in [0.3, 0.4) is 0 Å². The lowest BCUT2D eigenvalue weighted by molar-refractivity contribution is 0.227. The first-order valence-corrected chi connectivity index (χ1v) is 10.3. The summed E-state index contributed by atoms with van der Waals surface area (Å²) in [5, 5.41) is 2.92. The van der Waals surface area contributed by atoms with E-state index >= 15 is 0 Å². The number of aromatic nitrogens is 1. The second-order valence-corrected chi connectivity index (χ2v) is 8.17. The van der Waals surface area contributed by atoms with E-state index < -0.39 is 11.9 Å². The Morgan fingerprint density at radius 2 is 2.14 bits per heavy atom. The molecule has 4 aromatic rings. The standard InChI is InChI=1S/C20H16Cl2FN3O2S/c1-9(16-14(21)2-3-15(23)17(16)22)28-19-18-12(6-26-20(19)25)13(7-27-18)10-4-11(5-24)29-8-10/h2-4,6-9H,5,24H2,1H3,(H2,25,26). The molecular formula is C20H16Cl2FN3O2S. The average Bonchev–Trinajstić information content (AvgIpc) is 3.34. The molecule has 0 saturated heterocycles. The van der Waals surface area contributed by atoms with Crippen molar-refractivity contribution in [2.24, 2.45) is 5.73 Å². The number of thiophene rings is 1. The molecule has 0 aliphatic rings. The van der Waals surface area contributed by atoms with Crippen molar-refractivity contribution in [3.8, 4) is 16.9 Å². The van der Waals surface area contributed by atoms with Gasteiger partial charge in [0.25, 0.3) is 0 Å². The van der Waals surface area contributed by atoms with Crippen molar-refractivity contribution >= 4 is 51.3 Å². The fraction of sp³-hybridized carbons (Fsp3) is 0.150. The van der Waals surface area contributed by atoms with E-state index in [2.05, 4.69) is 4.98 Å². The van der Waals surface area contributed by atoms with Crippen LogP contribution in [0, 0.1) is 5.82 Å². The fourth-order valence-electron chi connectivity index (χ4n) is 3.10. The maximum Gasteiger partial charge on any atom is 0.205 e. The molecule has 9 heteroatoms. The zero-order valence-electron chi connectivity index (χ0n) is 15.2. The van der Waals surface area contributed by atoms with Crippen LogP contribution in [0.5, 0.6) is 5.75 Å². The second kappa shape index (κ2) is 7.84. The van der Waals surface area contributed by atoms with Gasteiger partial charge in [-0.1, -0.05) is 23.2 Å². The van der Waals surface area contributed by atoms with E-state index in [4.69, 9.17) is 43.8 Å². The van der Waals surface area contributed by atoms with Gasteiger partial charge in [0.05, 0.1) is 16.7 Å². The summed E-state index contributed by atoms with van der Waals surface area (Å²) in [7, 11) is 0. The topological polar surface area (TPSA) is 87.3 Å². The minimum atomic E-state index is -0.695. The monoisotopic (exact) mass is 451 g/mol. The number of nitrogens with zero attached hydrogens (tertiary/aromatic N) is 1. The predicted octanol–water partition coefficient (Wildman–Crippen LogP) is 6.18. The number of fused-ring (bicyclic) bond motifs is 1. The lowest BCUT2D eigenvalue weighted by atomic mass is 10.1. The van der Waals surface area contributed by atoms with E-state index in [0.29, 0.717) is 17.7 Å². The summed E-state index contributed by atoms with van der Waals surface area (Å²) in [6.07, 6.45) is 2.55. The highest BCUT2D eigenvalue weighted by Crippen LogP contribution is 2.42. The number of anilines is 1. The molecule has 0 aliphatic carbocycles. The van der Waals surface area contributed by atoms with E-state index in [1.807, 2.05) is 11.4 Å². The fourth-order valence-corrected chi connectivity index (χ4v) is 4.54. The molecular weight excluding hydrogens is 436 g/mol. The average molecular weight is 452 g/mol. The molecule has 0 aliphatic heterocycles. The van der Waals surface area contributed by atoms with Gasteiger partial charge in [-0.15, -0.1) is 11.3 Å². The van der Waals surface area contributed by atoms with Crippen LogP contribution in [0.25, 0.3) is 22.1 Å². The van der Waals surface area contributed by atoms with Gasteiger partial charge >= 0.3 is 0 Å². The first kappa shape index (κ1) is 20.0. The van der Waals surface area contributed by atoms with Crippen LogP contribution in [0.2, 0.25) is 10.0 Å². The number of pyridine rings is 1. The SMILES string of the molecule is CC(Oc1c(N)ncc2c(-c3csc(CN)c3)coc12)c1c(Cl)ccc(F)c1Cl. The number of ether oxygens (including phenoxy) is 1. The molecule has 1 atom stereocenters. The molecule has 0 saturated carbocycles. The van der Waals surface area contributed by atoms with Gasteiger partial charge in [0.15, 0.2) is 11.4 Å². The van der Waals surface area contributed by atoms with Gasteiger partial charge in [-0.3, -0.25) is 0 Å². The Balaban J connectivity index is 1.77. The first-order chi connectivity index (χ1) is 13.9. The minimum Gasteiger partial charge on any atom is -0.478 e. The van der Waals surface area contributed by atoms with Gasteiger partial charge in [0.2, 0.25) is 5.75 Å². The predicted molar refractivity (Wildman–Crippen MR) is 115 cm³/mol. The number of nitrogens with two attached hydrogens (primary N) is 2. The van der Waals surface area contributed by atoms with Crippen molar-refractivity contribution in [3.05, 3.63) is 62.3 Å². The van der Waals surface area contributed by atoms with Crippen molar-refractivity contribution < 1.29 is 13.5 Å². The normalized spacial score (nSPS) is 12.4. The Bertz CT molecular complexity index is 1210. The van der Waals surface area contributed by atoms with Gasteiger partial charge in [-0.05, 0) is 36.1 Å². The molecule has 0 bridgehead atoms. The first-order valence-electron chi connectivity index (χ1n) is 8.64. The molecule has 0 amide bonds. The largest absolute Gasteiger partial charge is 0.478 e. The highest BCUT2D eigenvalue weighted by Gasteiger charge is 2.23. The van der Waals surface area contributed by atoms with Crippen LogP contribution >= 0.6 is 34.5 Å². The quantitative estimate of drug-likeness (QED) is 0.353. The van der Waals surface area contributed by atoms with E-state index in [1.165, 1.54) is 12.1 Å². The molecule has 3 heterocycles. The summed E-state index contributed by atoms with van der Waals surface area (Å²) in [5.41, 5.74) is 14.3. The number of hydrogen-bond donors (Lipinski definition) is 2. The van der Waals surface area contributed by atoms with Gasteiger partial charge in [-0.25, -0.2) is 9.37 Å². The summed E-state index contributed by atoms with van der Waals surface area (Å²) in [5.74, 6) is -0.201. The summed E-state index contributed by atoms with van der Waals surface area (Å²) in [6, 6.07) is 4.63. The Kier molecular flexibility index (Phi) is 5.40. The van der Waals surface area contributed by atoms with Crippen molar-refractivity contribution in [2.45, 2.75) is 19.6 Å². The van der Waals surface area contributed by atoms with Gasteiger partial charge in [0, 0.05) is 33.8 Å². The molecule has 0 fully saturated rings. The number of furan rings is 1. The maximum atomic E-state index is 13.9. The lowest BCUT2D eigenvalue weighted by Gasteiger charge is -2.18. The van der Waals surface area contributed by atoms with Crippen molar-refractivity contribution in [1.29, 1.82) is 0 Å². The number of rotatable bonds is 5. The van der Waals surface area contributed by atoms with Crippen LogP contribution in [0.15, 0.2) is 40.5 Å². The van der Waals surface area contributed by atoms with E-state index in [0.717, 1.165) is 21.4 Å². The summed E-state index contributed by atoms with van der Waals surface area (Å²) in [4.78, 5) is 5.29. The van der Waals surface area contributed by atoms with Crippen LogP contribution in [-0.4, -0.2) is 4.98 Å². The molecule has 1 unspecified atom stereocenters. The molecule has 150 valence electrons. The Labute approximate surface area is 180 Å². The number of halogens is 3. The molecule has 4 N–H and O–H groups in total. The Morgan fingerprint density at radius 1 is 1.34 bits per heavy atom. The third-order valence-electron chi connectivity index (χ3n) is 4.55. The molecule has 29 heavy (non-hydrogen) atoms. The zero-order valence-corrected chi connectivity index (χ0v) is 17.5. The summed E-state index contributed by atoms with van der Waals surface area (Å²) >= 11 is 13.9. The van der Waals surface area contributed by atoms with Crippen molar-refractivity contribution in [1.82, 2.24) is 4.98 Å². The van der Waals surface area contributed by atoms with Gasteiger partial charge in [0.1, 0.15) is 11.9 Å². The van der Waals surface area contributed by atoms with E-state index in [9.17, 15) is 4.39 Å². The van der Waals surface area contributed by atoms with Gasteiger partial charge < -0.3 is 20.6 Å². The molecule has 1 aromatic carbocycles. The zero-order chi connectivity index (χ0) is 20.7. The minimum absolute atomic E-state index is 0.101. The van der Waals surface area contributed by atoms with Crippen molar-refractivity contribution in [3.63, 3.8) is 0 Å². The van der Waals surface area contributed by atoms with Crippen LogP contribution in [-0.2, 0) is 6.54 Å². The molecule has 0 radical (unpaired) electrons. The van der Waals surface area contributed by atoms with Crippen molar-refractivity contribution in [2.75, 3.05) is 5.73 Å². The smallest absolute Gasteiger partial charge is 0.205 e. The summed E-state index contributed by atoms with van der Waals surface area (Å²) in [6.45, 7) is 2.16. The van der Waals surface area contributed by atoms with Crippen LogP contribution < -0.4 is 16.2 Å². The second-order valence-electron chi connectivity index (χ2n) is 6.39. The maximum absolute atomic E-state index is 13.9. The molecule has 4 rings (SSSR count). The number of benzene rings is 1. The molecule has 0 spiro atoms. The molecule has 5 nitrogen and oxygen atoms in total. The third kappa shape index (κ3) is 3.55. The van der Waals surface area contributed by atoms with Gasteiger partial charge in [-0.2, -0.15) is 0 Å². The highest BCUT2D eigenvalue weighted by molar-refractivity contribution is 7.10. The van der Waals surface area contributed by atoms with E-state index in [1.54, 1.807) is 30.7 Å². The molecule has 3 aromatic heterocycles. The Hall–Kier alpha value is -2.32.